The Bertz CT molecular complexity index is 644. The minimum atomic E-state index is -0.0680. The van der Waals surface area contributed by atoms with Crippen molar-refractivity contribution in [2.45, 2.75) is 19.4 Å². The lowest BCUT2D eigenvalue weighted by Gasteiger charge is -2.32. The van der Waals surface area contributed by atoms with Gasteiger partial charge < -0.3 is 15.0 Å². The Hall–Kier alpha value is -2.57. The summed E-state index contributed by atoms with van der Waals surface area (Å²) in [6, 6.07) is 7.32. The fourth-order valence-corrected chi connectivity index (χ4v) is 2.89. The largest absolute Gasteiger partial charge is 0.497 e. The van der Waals surface area contributed by atoms with Crippen molar-refractivity contribution >= 4 is 11.7 Å². The molecule has 1 saturated heterocycles. The summed E-state index contributed by atoms with van der Waals surface area (Å²) < 4.78 is 7.00. The van der Waals surface area contributed by atoms with E-state index in [0.29, 0.717) is 5.92 Å². The molecule has 122 valence electrons. The number of urea groups is 1. The summed E-state index contributed by atoms with van der Waals surface area (Å²) in [4.78, 5) is 18.3. The molecule has 0 aliphatic carbocycles. The standard InChI is InChI=1S/C16H21N5O2/c1-23-15-6-2-5-14(8-15)19-16(22)20-7-3-4-13(9-20)10-21-12-17-11-18-21/h2,5-6,8,11-13H,3-4,7,9-10H2,1H3,(H,19,22)/t13-/m1/s1. The zero-order valence-corrected chi connectivity index (χ0v) is 13.2. The van der Waals surface area contributed by atoms with E-state index in [2.05, 4.69) is 15.4 Å². The van der Waals surface area contributed by atoms with E-state index >= 15 is 0 Å². The van der Waals surface area contributed by atoms with Crippen LogP contribution in [0.15, 0.2) is 36.9 Å². The normalized spacial score (nSPS) is 17.8. The Morgan fingerprint density at radius 2 is 2.39 bits per heavy atom. The molecule has 0 saturated carbocycles. The van der Waals surface area contributed by atoms with Crippen LogP contribution in [0.1, 0.15) is 12.8 Å². The van der Waals surface area contributed by atoms with Crippen LogP contribution in [0.4, 0.5) is 10.5 Å². The van der Waals surface area contributed by atoms with E-state index in [9.17, 15) is 4.79 Å². The van der Waals surface area contributed by atoms with Crippen LogP contribution in [0.2, 0.25) is 0 Å². The van der Waals surface area contributed by atoms with E-state index in [1.807, 2.05) is 33.8 Å². The van der Waals surface area contributed by atoms with E-state index in [1.165, 1.54) is 6.33 Å². The minimum absolute atomic E-state index is 0.0680. The Balaban J connectivity index is 1.58. The Morgan fingerprint density at radius 1 is 1.48 bits per heavy atom. The number of carbonyl (C=O) groups excluding carboxylic acids is 1. The molecule has 23 heavy (non-hydrogen) atoms. The second kappa shape index (κ2) is 7.13. The second-order valence-electron chi connectivity index (χ2n) is 5.73. The molecule has 0 unspecified atom stereocenters. The summed E-state index contributed by atoms with van der Waals surface area (Å²) >= 11 is 0. The van der Waals surface area contributed by atoms with Gasteiger partial charge in [-0.05, 0) is 30.9 Å². The third kappa shape index (κ3) is 4.00. The smallest absolute Gasteiger partial charge is 0.321 e. The first kappa shape index (κ1) is 15.3. The van der Waals surface area contributed by atoms with E-state index in [4.69, 9.17) is 4.74 Å². The Kier molecular flexibility index (Phi) is 4.75. The van der Waals surface area contributed by atoms with Gasteiger partial charge in [-0.25, -0.2) is 9.78 Å². The molecule has 7 nitrogen and oxygen atoms in total. The van der Waals surface area contributed by atoms with Crippen molar-refractivity contribution in [1.82, 2.24) is 19.7 Å². The van der Waals surface area contributed by atoms with Gasteiger partial charge in [-0.1, -0.05) is 6.07 Å². The fraction of sp³-hybridized carbons (Fsp3) is 0.438. The highest BCUT2D eigenvalue weighted by Crippen LogP contribution is 2.21. The molecule has 0 spiro atoms. The molecule has 3 rings (SSSR count). The highest BCUT2D eigenvalue weighted by Gasteiger charge is 2.24. The summed E-state index contributed by atoms with van der Waals surface area (Å²) in [5, 5.41) is 7.08. The molecule has 0 bridgehead atoms. The quantitative estimate of drug-likeness (QED) is 0.939. The van der Waals surface area contributed by atoms with Crippen molar-refractivity contribution in [2.75, 3.05) is 25.5 Å². The van der Waals surface area contributed by atoms with Crippen LogP contribution >= 0.6 is 0 Å². The number of hydrogen-bond donors (Lipinski definition) is 1. The van der Waals surface area contributed by atoms with E-state index in [1.54, 1.807) is 13.4 Å². The molecule has 1 aliphatic rings. The van der Waals surface area contributed by atoms with Gasteiger partial charge in [0.2, 0.25) is 0 Å². The van der Waals surface area contributed by atoms with Crippen molar-refractivity contribution in [3.05, 3.63) is 36.9 Å². The third-order valence-corrected chi connectivity index (χ3v) is 4.04. The number of benzene rings is 1. The minimum Gasteiger partial charge on any atom is -0.497 e. The monoisotopic (exact) mass is 315 g/mol. The molecule has 2 amide bonds. The predicted octanol–water partition coefficient (Wildman–Crippen LogP) is 2.23. The highest BCUT2D eigenvalue weighted by molar-refractivity contribution is 5.89. The van der Waals surface area contributed by atoms with Crippen molar-refractivity contribution in [3.63, 3.8) is 0 Å². The van der Waals surface area contributed by atoms with Crippen LogP contribution in [0.25, 0.3) is 0 Å². The van der Waals surface area contributed by atoms with E-state index in [-0.39, 0.29) is 6.03 Å². The van der Waals surface area contributed by atoms with Crippen molar-refractivity contribution in [3.8, 4) is 5.75 Å². The van der Waals surface area contributed by atoms with Gasteiger partial charge in [0.1, 0.15) is 18.4 Å². The van der Waals surface area contributed by atoms with Gasteiger partial charge in [0.05, 0.1) is 7.11 Å². The van der Waals surface area contributed by atoms with Crippen molar-refractivity contribution in [2.24, 2.45) is 5.92 Å². The van der Waals surface area contributed by atoms with Crippen LogP contribution in [-0.4, -0.2) is 45.9 Å². The summed E-state index contributed by atoms with van der Waals surface area (Å²) in [7, 11) is 1.61. The van der Waals surface area contributed by atoms with Gasteiger partial charge in [0.15, 0.2) is 0 Å². The number of carbonyl (C=O) groups is 1. The molecule has 1 N–H and O–H groups in total. The van der Waals surface area contributed by atoms with Crippen LogP contribution in [0, 0.1) is 5.92 Å². The third-order valence-electron chi connectivity index (χ3n) is 4.04. The molecule has 1 fully saturated rings. The molecule has 1 aliphatic heterocycles. The SMILES string of the molecule is COc1cccc(NC(=O)N2CCC[C@@H](Cn3cncn3)C2)c1. The topological polar surface area (TPSA) is 72.3 Å². The van der Waals surface area contributed by atoms with Gasteiger partial charge in [0, 0.05) is 31.4 Å². The molecule has 1 aromatic carbocycles. The molecule has 2 aromatic rings. The first-order chi connectivity index (χ1) is 11.2. The number of rotatable bonds is 4. The fourth-order valence-electron chi connectivity index (χ4n) is 2.89. The predicted molar refractivity (Wildman–Crippen MR) is 86.3 cm³/mol. The number of piperidine rings is 1. The average Bonchev–Trinajstić information content (AvgIpc) is 3.08. The van der Waals surface area contributed by atoms with Crippen LogP contribution < -0.4 is 10.1 Å². The number of likely N-dealkylation sites (tertiary alicyclic amines) is 1. The number of amides is 2. The lowest BCUT2D eigenvalue weighted by atomic mass is 9.98. The lowest BCUT2D eigenvalue weighted by molar-refractivity contribution is 0.168. The maximum Gasteiger partial charge on any atom is 0.321 e. The van der Waals surface area contributed by atoms with Crippen LogP contribution in [0.3, 0.4) is 0 Å². The number of ether oxygens (including phenoxy) is 1. The van der Waals surface area contributed by atoms with Crippen LogP contribution in [-0.2, 0) is 6.54 Å². The summed E-state index contributed by atoms with van der Waals surface area (Å²) in [6.07, 6.45) is 5.36. The molecule has 0 radical (unpaired) electrons. The summed E-state index contributed by atoms with van der Waals surface area (Å²) in [6.45, 7) is 2.31. The summed E-state index contributed by atoms with van der Waals surface area (Å²) in [5.41, 5.74) is 0.743. The van der Waals surface area contributed by atoms with Crippen LogP contribution in [0.5, 0.6) is 5.75 Å². The van der Waals surface area contributed by atoms with E-state index in [0.717, 1.165) is 43.9 Å². The molecule has 7 heteroatoms. The molecule has 1 atom stereocenters. The Morgan fingerprint density at radius 3 is 3.17 bits per heavy atom. The molecular formula is C16H21N5O2. The number of aromatic nitrogens is 3. The molecule has 1 aromatic heterocycles. The number of anilines is 1. The van der Waals surface area contributed by atoms with Gasteiger partial charge in [-0.2, -0.15) is 5.10 Å². The zero-order chi connectivity index (χ0) is 16.1. The highest BCUT2D eigenvalue weighted by atomic mass is 16.5. The number of hydrogen-bond acceptors (Lipinski definition) is 4. The number of nitrogens with zero attached hydrogens (tertiary/aromatic N) is 4. The van der Waals surface area contributed by atoms with Gasteiger partial charge >= 0.3 is 6.03 Å². The lowest BCUT2D eigenvalue weighted by Crippen LogP contribution is -2.43. The molecule has 2 heterocycles. The van der Waals surface area contributed by atoms with Gasteiger partial charge in [-0.3, -0.25) is 4.68 Å². The Labute approximate surface area is 135 Å². The maximum absolute atomic E-state index is 12.5. The number of nitrogens with one attached hydrogen (secondary N) is 1. The van der Waals surface area contributed by atoms with Crippen molar-refractivity contribution < 1.29 is 9.53 Å². The maximum atomic E-state index is 12.5. The van der Waals surface area contributed by atoms with E-state index < -0.39 is 0 Å². The number of methoxy groups -OCH3 is 1. The zero-order valence-electron chi connectivity index (χ0n) is 13.2. The van der Waals surface area contributed by atoms with Gasteiger partial charge in [0.25, 0.3) is 0 Å². The second-order valence-corrected chi connectivity index (χ2v) is 5.73. The molecular weight excluding hydrogens is 294 g/mol. The summed E-state index contributed by atoms with van der Waals surface area (Å²) in [5.74, 6) is 1.13. The first-order valence-corrected chi connectivity index (χ1v) is 7.77. The average molecular weight is 315 g/mol. The van der Waals surface area contributed by atoms with Crippen molar-refractivity contribution in [1.29, 1.82) is 0 Å². The van der Waals surface area contributed by atoms with Gasteiger partial charge in [-0.15, -0.1) is 0 Å². The first-order valence-electron chi connectivity index (χ1n) is 7.77.